The molecule has 37 heavy (non-hydrogen) atoms. The summed E-state index contributed by atoms with van der Waals surface area (Å²) in [5, 5.41) is 0. The Balaban J connectivity index is 1.43. The van der Waals surface area contributed by atoms with E-state index in [-0.39, 0.29) is 5.56 Å². The smallest absolute Gasteiger partial charge is 0.186 e. The number of ether oxygens (including phenoxy) is 2. The van der Waals surface area contributed by atoms with E-state index < -0.39 is 23.7 Å². The third kappa shape index (κ3) is 6.71. The summed E-state index contributed by atoms with van der Waals surface area (Å²) < 4.78 is 56.0. The standard InChI is InChI=1S/C32H35F3O2/c1-3-5-7-9-22-20-36-32(37-21-22)28-18-16-26(19-29(28)33)23-11-13-24(14-12-23)27-17-15-25(10-8-6-4-2)30(34)31(27)35/h3,5,11-19,22,32H,4,6-10,20-21H2,1-2H3. The summed E-state index contributed by atoms with van der Waals surface area (Å²) in [4.78, 5) is 0. The Morgan fingerprint density at radius 1 is 0.838 bits per heavy atom. The maximum Gasteiger partial charge on any atom is 0.186 e. The molecular weight excluding hydrogens is 473 g/mol. The Labute approximate surface area is 218 Å². The summed E-state index contributed by atoms with van der Waals surface area (Å²) in [7, 11) is 0. The first-order chi connectivity index (χ1) is 18.0. The summed E-state index contributed by atoms with van der Waals surface area (Å²) in [5.74, 6) is -1.69. The van der Waals surface area contributed by atoms with Gasteiger partial charge in [-0.2, -0.15) is 0 Å². The van der Waals surface area contributed by atoms with Gasteiger partial charge < -0.3 is 9.47 Å². The van der Waals surface area contributed by atoms with Crippen LogP contribution in [0, 0.1) is 23.4 Å². The number of benzene rings is 3. The summed E-state index contributed by atoms with van der Waals surface area (Å²) in [6.07, 6.45) is 8.79. The van der Waals surface area contributed by atoms with Gasteiger partial charge in [0.25, 0.3) is 0 Å². The number of halogens is 3. The molecule has 1 aliphatic rings. The fourth-order valence-electron chi connectivity index (χ4n) is 4.70. The Kier molecular flexibility index (Phi) is 9.59. The van der Waals surface area contributed by atoms with E-state index in [0.717, 1.165) is 37.7 Å². The second-order valence-electron chi connectivity index (χ2n) is 9.68. The predicted molar refractivity (Wildman–Crippen MR) is 143 cm³/mol. The molecule has 0 aliphatic carbocycles. The molecule has 0 spiro atoms. The van der Waals surface area contributed by atoms with E-state index in [2.05, 4.69) is 13.0 Å². The van der Waals surface area contributed by atoms with E-state index in [1.807, 2.05) is 19.1 Å². The number of hydrogen-bond acceptors (Lipinski definition) is 2. The minimum absolute atomic E-state index is 0.223. The highest BCUT2D eigenvalue weighted by atomic mass is 19.2. The molecule has 0 unspecified atom stereocenters. The highest BCUT2D eigenvalue weighted by molar-refractivity contribution is 5.71. The van der Waals surface area contributed by atoms with Crippen LogP contribution in [0.4, 0.5) is 13.2 Å². The van der Waals surface area contributed by atoms with Gasteiger partial charge in [0, 0.05) is 17.0 Å². The summed E-state index contributed by atoms with van der Waals surface area (Å²) in [6.45, 7) is 5.16. The van der Waals surface area contributed by atoms with Crippen LogP contribution in [0.2, 0.25) is 0 Å². The van der Waals surface area contributed by atoms with E-state index in [4.69, 9.17) is 9.47 Å². The number of unbranched alkanes of at least 4 members (excludes halogenated alkanes) is 2. The molecule has 0 saturated carbocycles. The molecule has 1 heterocycles. The third-order valence-electron chi connectivity index (χ3n) is 6.94. The fraction of sp³-hybridized carbons (Fsp3) is 0.375. The molecule has 3 aromatic rings. The Morgan fingerprint density at radius 2 is 1.54 bits per heavy atom. The fourth-order valence-corrected chi connectivity index (χ4v) is 4.70. The molecule has 4 rings (SSSR count). The molecule has 0 radical (unpaired) electrons. The lowest BCUT2D eigenvalue weighted by atomic mass is 9.97. The van der Waals surface area contributed by atoms with E-state index in [9.17, 15) is 13.2 Å². The first-order valence-corrected chi connectivity index (χ1v) is 13.2. The number of aryl methyl sites for hydroxylation is 1. The highest BCUT2D eigenvalue weighted by Crippen LogP contribution is 2.33. The summed E-state index contributed by atoms with van der Waals surface area (Å²) >= 11 is 0. The lowest BCUT2D eigenvalue weighted by Crippen LogP contribution is -2.27. The van der Waals surface area contributed by atoms with Gasteiger partial charge in [0.1, 0.15) is 5.82 Å². The van der Waals surface area contributed by atoms with Crippen LogP contribution < -0.4 is 0 Å². The van der Waals surface area contributed by atoms with Crippen molar-refractivity contribution < 1.29 is 22.6 Å². The van der Waals surface area contributed by atoms with Crippen LogP contribution in [0.25, 0.3) is 22.3 Å². The molecule has 0 amide bonds. The summed E-state index contributed by atoms with van der Waals surface area (Å²) in [6, 6.07) is 15.3. The molecule has 2 nitrogen and oxygen atoms in total. The van der Waals surface area contributed by atoms with Crippen molar-refractivity contribution >= 4 is 0 Å². The van der Waals surface area contributed by atoms with Gasteiger partial charge in [-0.1, -0.05) is 80.4 Å². The maximum absolute atomic E-state index is 15.0. The first kappa shape index (κ1) is 27.2. The zero-order valence-electron chi connectivity index (χ0n) is 21.6. The molecule has 1 saturated heterocycles. The van der Waals surface area contributed by atoms with Crippen molar-refractivity contribution in [3.8, 4) is 22.3 Å². The van der Waals surface area contributed by atoms with Gasteiger partial charge in [0.05, 0.1) is 13.2 Å². The van der Waals surface area contributed by atoms with Gasteiger partial charge in [-0.15, -0.1) is 0 Å². The van der Waals surface area contributed by atoms with Crippen molar-refractivity contribution in [1.29, 1.82) is 0 Å². The van der Waals surface area contributed by atoms with E-state index >= 15 is 0 Å². The average molecular weight is 509 g/mol. The van der Waals surface area contributed by atoms with Crippen LogP contribution in [0.1, 0.15) is 63.4 Å². The molecular formula is C32H35F3O2. The largest absolute Gasteiger partial charge is 0.348 e. The van der Waals surface area contributed by atoms with Crippen molar-refractivity contribution in [2.45, 2.75) is 58.7 Å². The predicted octanol–water partition coefficient (Wildman–Crippen LogP) is 9.19. The molecule has 5 heteroatoms. The average Bonchev–Trinajstić information content (AvgIpc) is 2.92. The number of hydrogen-bond donors (Lipinski definition) is 0. The van der Waals surface area contributed by atoms with E-state index in [0.29, 0.717) is 47.8 Å². The van der Waals surface area contributed by atoms with Gasteiger partial charge in [-0.05, 0) is 60.9 Å². The monoisotopic (exact) mass is 508 g/mol. The van der Waals surface area contributed by atoms with Crippen LogP contribution in [0.5, 0.6) is 0 Å². The minimum Gasteiger partial charge on any atom is -0.348 e. The van der Waals surface area contributed by atoms with Gasteiger partial charge in [0.2, 0.25) is 0 Å². The van der Waals surface area contributed by atoms with E-state index in [1.165, 1.54) is 6.07 Å². The van der Waals surface area contributed by atoms with Crippen molar-refractivity contribution in [1.82, 2.24) is 0 Å². The Hall–Kier alpha value is -2.89. The maximum atomic E-state index is 15.0. The quantitative estimate of drug-likeness (QED) is 0.201. The van der Waals surface area contributed by atoms with Crippen molar-refractivity contribution in [3.05, 3.63) is 95.3 Å². The Bertz CT molecular complexity index is 1200. The minimum atomic E-state index is -0.825. The zero-order chi connectivity index (χ0) is 26.2. The summed E-state index contributed by atoms with van der Waals surface area (Å²) in [5.41, 5.74) is 3.05. The first-order valence-electron chi connectivity index (χ1n) is 13.2. The van der Waals surface area contributed by atoms with Gasteiger partial charge >= 0.3 is 0 Å². The molecule has 0 bridgehead atoms. The molecule has 1 aliphatic heterocycles. The van der Waals surface area contributed by atoms with Crippen LogP contribution >= 0.6 is 0 Å². The van der Waals surface area contributed by atoms with Gasteiger partial charge in [0.15, 0.2) is 17.9 Å². The van der Waals surface area contributed by atoms with Crippen molar-refractivity contribution in [2.75, 3.05) is 13.2 Å². The van der Waals surface area contributed by atoms with Crippen LogP contribution in [0.15, 0.2) is 66.7 Å². The van der Waals surface area contributed by atoms with Gasteiger partial charge in [-0.3, -0.25) is 0 Å². The third-order valence-corrected chi connectivity index (χ3v) is 6.94. The number of rotatable bonds is 10. The zero-order valence-corrected chi connectivity index (χ0v) is 21.6. The topological polar surface area (TPSA) is 18.5 Å². The molecule has 0 N–H and O–H groups in total. The molecule has 0 atom stereocenters. The highest BCUT2D eigenvalue weighted by Gasteiger charge is 2.25. The SMILES string of the molecule is CC=CCCC1COC(c2ccc(-c3ccc(-c4ccc(CCCCC)c(F)c4F)cc3)cc2F)OC1. The normalized spacial score (nSPS) is 18.0. The second-order valence-corrected chi connectivity index (χ2v) is 9.68. The van der Waals surface area contributed by atoms with Crippen molar-refractivity contribution in [3.63, 3.8) is 0 Å². The molecule has 196 valence electrons. The molecule has 0 aromatic heterocycles. The second kappa shape index (κ2) is 13.1. The Morgan fingerprint density at radius 3 is 2.22 bits per heavy atom. The molecule has 3 aromatic carbocycles. The number of allylic oxidation sites excluding steroid dienone is 2. The lowest BCUT2D eigenvalue weighted by molar-refractivity contribution is -0.207. The van der Waals surface area contributed by atoms with Crippen LogP contribution in [-0.4, -0.2) is 13.2 Å². The van der Waals surface area contributed by atoms with Crippen LogP contribution in [0.3, 0.4) is 0 Å². The van der Waals surface area contributed by atoms with Gasteiger partial charge in [-0.25, -0.2) is 13.2 Å². The van der Waals surface area contributed by atoms with Crippen molar-refractivity contribution in [2.24, 2.45) is 5.92 Å². The van der Waals surface area contributed by atoms with E-state index in [1.54, 1.807) is 42.5 Å². The molecule has 1 fully saturated rings. The van der Waals surface area contributed by atoms with Crippen LogP contribution in [-0.2, 0) is 15.9 Å². The lowest BCUT2D eigenvalue weighted by Gasteiger charge is -2.29.